The molecule has 4 aromatic rings. The zero-order valence-corrected chi connectivity index (χ0v) is 34.1. The Kier molecular flexibility index (Phi) is 13.1. The second-order valence-electron chi connectivity index (χ2n) is 16.2. The minimum atomic E-state index is -0.528. The third-order valence-corrected chi connectivity index (χ3v) is 12.6. The first-order valence-electron chi connectivity index (χ1n) is 20.3. The van der Waals surface area contributed by atoms with Crippen LogP contribution >= 0.6 is 0 Å². The molecule has 19 heteroatoms. The average molecular weight is 853 g/mol. The number of nitrogens with two attached hydrogens (primary N) is 1. The highest BCUT2D eigenvalue weighted by Crippen LogP contribution is 2.45. The molecule has 0 spiro atoms. The number of urea groups is 1. The Morgan fingerprint density at radius 3 is 0.935 bits per heavy atom. The van der Waals surface area contributed by atoms with Gasteiger partial charge in [-0.3, -0.25) is 40.5 Å². The van der Waals surface area contributed by atoms with E-state index >= 15 is 0 Å². The minimum Gasteiger partial charge on any atom is -0.453 e. The number of amides is 3. The molecule has 326 valence electrons. The van der Waals surface area contributed by atoms with E-state index in [1.807, 2.05) is 0 Å². The summed E-state index contributed by atoms with van der Waals surface area (Å²) in [7, 11) is 1.32. The molecule has 4 aromatic carbocycles. The number of carbonyl (C=O) groups excluding carboxylic acids is 2. The van der Waals surface area contributed by atoms with Crippen molar-refractivity contribution in [1.29, 1.82) is 0 Å². The van der Waals surface area contributed by atoms with E-state index in [-0.39, 0.29) is 34.3 Å². The van der Waals surface area contributed by atoms with Crippen LogP contribution in [0.1, 0.15) is 99.3 Å². The highest BCUT2D eigenvalue weighted by atomic mass is 16.6. The van der Waals surface area contributed by atoms with Crippen LogP contribution < -0.4 is 21.7 Å². The van der Waals surface area contributed by atoms with E-state index in [0.717, 1.165) is 99.3 Å². The molecule has 0 atom stereocenters. The number of ether oxygens (including phenoxy) is 1. The fourth-order valence-corrected chi connectivity index (χ4v) is 8.23. The molecule has 0 aromatic heterocycles. The van der Waals surface area contributed by atoms with Crippen molar-refractivity contribution in [3.05, 3.63) is 160 Å². The number of alkyl carbamates (subject to hydrolysis) is 1. The molecule has 4 aliphatic carbocycles. The lowest BCUT2D eigenvalue weighted by atomic mass is 9.71. The Labute approximate surface area is 356 Å². The molecule has 0 unspecified atom stereocenters. The molecule has 4 saturated carbocycles. The summed E-state index contributed by atoms with van der Waals surface area (Å²) in [6.07, 6.45) is 10.3. The molecule has 0 bridgehead atoms. The van der Waals surface area contributed by atoms with E-state index in [9.17, 15) is 50.0 Å². The number of nitro groups is 4. The first-order valence-corrected chi connectivity index (χ1v) is 20.3. The predicted octanol–water partition coefficient (Wildman–Crippen LogP) is 8.52. The topological polar surface area (TPSA) is 278 Å². The lowest BCUT2D eigenvalue weighted by Crippen LogP contribution is -2.59. The number of benzene rings is 4. The number of rotatable bonds is 11. The van der Waals surface area contributed by atoms with Crippen molar-refractivity contribution in [1.82, 2.24) is 16.0 Å². The zero-order valence-electron chi connectivity index (χ0n) is 34.1. The van der Waals surface area contributed by atoms with Gasteiger partial charge in [-0.15, -0.1) is 0 Å². The van der Waals surface area contributed by atoms with Gasteiger partial charge in [-0.05, 0) is 136 Å². The summed E-state index contributed by atoms with van der Waals surface area (Å²) in [4.78, 5) is 65.3. The number of nitro benzene ring substituents is 4. The van der Waals surface area contributed by atoms with E-state index in [0.29, 0.717) is 0 Å². The van der Waals surface area contributed by atoms with Crippen molar-refractivity contribution in [2.75, 3.05) is 7.11 Å². The van der Waals surface area contributed by atoms with Crippen molar-refractivity contribution in [2.45, 2.75) is 99.2 Å². The minimum absolute atomic E-state index is 0.0178. The number of nitrogens with one attached hydrogen (secondary N) is 3. The summed E-state index contributed by atoms with van der Waals surface area (Å²) < 4.78 is 4.61. The van der Waals surface area contributed by atoms with Crippen LogP contribution in [0.5, 0.6) is 0 Å². The highest BCUT2D eigenvalue weighted by Gasteiger charge is 2.45. The molecule has 0 aliphatic heterocycles. The van der Waals surface area contributed by atoms with Gasteiger partial charge >= 0.3 is 12.1 Å². The molecule has 62 heavy (non-hydrogen) atoms. The third kappa shape index (κ3) is 9.62. The molecule has 0 saturated heterocycles. The average Bonchev–Trinajstić information content (AvgIpc) is 3.21. The van der Waals surface area contributed by atoms with Gasteiger partial charge < -0.3 is 26.4 Å². The van der Waals surface area contributed by atoms with Gasteiger partial charge in [0.1, 0.15) is 0 Å². The Morgan fingerprint density at radius 1 is 0.468 bits per heavy atom. The molecular formula is C43H48N8O11. The van der Waals surface area contributed by atoms with Gasteiger partial charge in [-0.2, -0.15) is 0 Å². The van der Waals surface area contributed by atoms with E-state index in [1.165, 1.54) is 55.6 Å². The Hall–Kier alpha value is -7.02. The zero-order chi connectivity index (χ0) is 44.7. The smallest absolute Gasteiger partial charge is 0.407 e. The van der Waals surface area contributed by atoms with Gasteiger partial charge in [0.05, 0.1) is 43.4 Å². The molecule has 5 N–H and O–H groups in total. The number of non-ortho nitro benzene ring substituents is 4. The van der Waals surface area contributed by atoms with Crippen LogP contribution in [-0.4, -0.2) is 38.9 Å². The standard InChI is InChI=1S/C21H22N4O5.C12H14N2O4.C10H12N2O2/c26-19(22-20(11-1-12-20)15-3-7-17(8-4-15)24(27)28)23-21(13-2-14-21)16-5-9-18(10-6-16)25(29)30;1-18-11(15)13-12(7-2-8-12)9-3-5-10(6-4-9)14(16)17;11-10(6-1-7-10)8-2-4-9(5-3-8)12(13)14/h3-10H,1-2,11-14H2,(H2,22,23,26);3-6H,2,7-8H2,1H3,(H,13,15);2-5H,1,6-7,11H2. The summed E-state index contributed by atoms with van der Waals surface area (Å²) in [5, 5.41) is 51.8. The number of hydrogen-bond donors (Lipinski definition) is 4. The molecule has 8 rings (SSSR count). The molecule has 4 fully saturated rings. The largest absolute Gasteiger partial charge is 0.453 e. The Morgan fingerprint density at radius 2 is 0.726 bits per heavy atom. The normalized spacial score (nSPS) is 17.9. The van der Waals surface area contributed by atoms with E-state index in [1.54, 1.807) is 48.5 Å². The molecule has 3 amide bonds. The first-order chi connectivity index (χ1) is 29.5. The van der Waals surface area contributed by atoms with Gasteiger partial charge in [0.15, 0.2) is 0 Å². The summed E-state index contributed by atoms with van der Waals surface area (Å²) in [5.41, 5.74) is 8.17. The summed E-state index contributed by atoms with van der Waals surface area (Å²) in [6, 6.07) is 25.2. The number of hydrogen-bond acceptors (Lipinski definition) is 12. The molecule has 0 heterocycles. The van der Waals surface area contributed by atoms with Gasteiger partial charge in [0.25, 0.3) is 22.7 Å². The number of carbonyl (C=O) groups is 2. The van der Waals surface area contributed by atoms with Gasteiger partial charge in [-0.1, -0.05) is 12.1 Å². The van der Waals surface area contributed by atoms with Crippen molar-refractivity contribution < 1.29 is 34.0 Å². The van der Waals surface area contributed by atoms with Crippen molar-refractivity contribution in [3.63, 3.8) is 0 Å². The quantitative estimate of drug-likeness (QED) is 0.0816. The van der Waals surface area contributed by atoms with E-state index in [4.69, 9.17) is 5.73 Å². The lowest BCUT2D eigenvalue weighted by Gasteiger charge is -2.46. The van der Waals surface area contributed by atoms with Crippen LogP contribution in [0.3, 0.4) is 0 Å². The highest BCUT2D eigenvalue weighted by molar-refractivity contribution is 5.77. The maximum atomic E-state index is 12.9. The van der Waals surface area contributed by atoms with Gasteiger partial charge in [-0.25, -0.2) is 9.59 Å². The first kappa shape index (κ1) is 44.5. The van der Waals surface area contributed by atoms with Gasteiger partial charge in [0, 0.05) is 54.1 Å². The lowest BCUT2D eigenvalue weighted by molar-refractivity contribution is -0.385. The summed E-state index contributed by atoms with van der Waals surface area (Å²) in [5.74, 6) is 0. The van der Waals surface area contributed by atoms with Crippen LogP contribution in [0.25, 0.3) is 0 Å². The van der Waals surface area contributed by atoms with Crippen LogP contribution in [0.4, 0.5) is 32.3 Å². The van der Waals surface area contributed by atoms with Crippen LogP contribution in [0, 0.1) is 40.5 Å². The fourth-order valence-electron chi connectivity index (χ4n) is 8.23. The third-order valence-electron chi connectivity index (χ3n) is 12.6. The van der Waals surface area contributed by atoms with Crippen LogP contribution in [-0.2, 0) is 26.9 Å². The number of methoxy groups -OCH3 is 1. The SMILES string of the molecule is COC(=O)NC1(c2ccc([N+](=O)[O-])cc2)CCC1.NC1(c2ccc([N+](=O)[O-])cc2)CCC1.O=C(NC1(c2ccc([N+](=O)[O-])cc2)CCC1)NC1(c2ccc([N+](=O)[O-])cc2)CCC1. The Balaban J connectivity index is 0.000000170. The number of nitrogens with zero attached hydrogens (tertiary/aromatic N) is 4. The summed E-state index contributed by atoms with van der Waals surface area (Å²) in [6.45, 7) is 0. The molecule has 0 radical (unpaired) electrons. The predicted molar refractivity (Wildman–Crippen MR) is 226 cm³/mol. The maximum Gasteiger partial charge on any atom is 0.407 e. The van der Waals surface area contributed by atoms with Crippen molar-refractivity contribution in [3.8, 4) is 0 Å². The monoisotopic (exact) mass is 852 g/mol. The van der Waals surface area contributed by atoms with Gasteiger partial charge in [0.2, 0.25) is 0 Å². The Bertz CT molecular complexity index is 2210. The van der Waals surface area contributed by atoms with Crippen molar-refractivity contribution in [2.24, 2.45) is 5.73 Å². The second-order valence-corrected chi connectivity index (χ2v) is 16.2. The maximum absolute atomic E-state index is 12.9. The van der Waals surface area contributed by atoms with Crippen LogP contribution in [0.2, 0.25) is 0 Å². The molecular weight excluding hydrogens is 805 g/mol. The fraction of sp³-hybridized carbons (Fsp3) is 0.395. The van der Waals surface area contributed by atoms with Crippen LogP contribution in [0.15, 0.2) is 97.1 Å². The van der Waals surface area contributed by atoms with Crippen molar-refractivity contribution >= 4 is 34.9 Å². The molecule has 4 aliphatic rings. The van der Waals surface area contributed by atoms with E-state index in [2.05, 4.69) is 20.7 Å². The second kappa shape index (κ2) is 18.3. The molecule has 19 nitrogen and oxygen atoms in total. The summed E-state index contributed by atoms with van der Waals surface area (Å²) >= 11 is 0. The van der Waals surface area contributed by atoms with E-state index < -0.39 is 42.4 Å².